The lowest BCUT2D eigenvalue weighted by atomic mass is 10.2. The topological polar surface area (TPSA) is 43.8 Å². The number of halogens is 1. The van der Waals surface area contributed by atoms with Gasteiger partial charge in [0.2, 0.25) is 0 Å². The zero-order valence-electron chi connectivity index (χ0n) is 9.36. The Kier molecular flexibility index (Phi) is 3.19. The molecule has 0 spiro atoms. The zero-order chi connectivity index (χ0) is 11.5. The van der Waals surface area contributed by atoms with Gasteiger partial charge in [0.15, 0.2) is 0 Å². The summed E-state index contributed by atoms with van der Waals surface area (Å²) in [6, 6.07) is 4.56. The molecule has 0 radical (unpaired) electrons. The van der Waals surface area contributed by atoms with Crippen molar-refractivity contribution in [3.63, 3.8) is 0 Å². The van der Waals surface area contributed by atoms with E-state index in [1.807, 2.05) is 7.05 Å². The van der Waals surface area contributed by atoms with Crippen LogP contribution in [-0.4, -0.2) is 16.3 Å². The Morgan fingerprint density at radius 2 is 2.25 bits per heavy atom. The zero-order valence-corrected chi connectivity index (χ0v) is 9.36. The molecule has 0 unspecified atom stereocenters. The smallest absolute Gasteiger partial charge is 0.124 e. The van der Waals surface area contributed by atoms with Gasteiger partial charge in [-0.2, -0.15) is 5.10 Å². The van der Waals surface area contributed by atoms with Crippen LogP contribution in [0.15, 0.2) is 24.4 Å². The number of aromatic nitrogens is 2. The second kappa shape index (κ2) is 4.61. The molecule has 1 aromatic heterocycles. The van der Waals surface area contributed by atoms with Crippen LogP contribution in [0.5, 0.6) is 0 Å². The summed E-state index contributed by atoms with van der Waals surface area (Å²) in [7, 11) is 1.82. The fourth-order valence-corrected chi connectivity index (χ4v) is 1.47. The normalized spacial score (nSPS) is 14.7. The Hall–Kier alpha value is -1.42. The lowest BCUT2D eigenvalue weighted by molar-refractivity contribution is 0.630. The molecule has 1 saturated carbocycles. The van der Waals surface area contributed by atoms with E-state index in [4.69, 9.17) is 5.73 Å². The number of rotatable bonds is 1. The second-order valence-electron chi connectivity index (χ2n) is 4.18. The van der Waals surface area contributed by atoms with Crippen molar-refractivity contribution < 1.29 is 4.39 Å². The molecular weight excluding hydrogens is 205 g/mol. The van der Waals surface area contributed by atoms with Crippen LogP contribution in [0.3, 0.4) is 0 Å². The lowest BCUT2D eigenvalue weighted by Gasteiger charge is -1.85. The molecule has 2 N–H and O–H groups in total. The molecule has 16 heavy (non-hydrogen) atoms. The number of hydrogen-bond donors (Lipinski definition) is 1. The van der Waals surface area contributed by atoms with Crippen LogP contribution in [0.4, 0.5) is 4.39 Å². The molecule has 1 aromatic carbocycles. The minimum Gasteiger partial charge on any atom is -0.330 e. The largest absolute Gasteiger partial charge is 0.330 e. The molecule has 0 saturated heterocycles. The molecule has 3 nitrogen and oxygen atoms in total. The van der Waals surface area contributed by atoms with Crippen molar-refractivity contribution in [2.75, 3.05) is 6.54 Å². The van der Waals surface area contributed by atoms with Gasteiger partial charge in [0.05, 0.1) is 5.52 Å². The van der Waals surface area contributed by atoms with E-state index < -0.39 is 0 Å². The second-order valence-corrected chi connectivity index (χ2v) is 4.18. The summed E-state index contributed by atoms with van der Waals surface area (Å²) in [4.78, 5) is 0. The highest BCUT2D eigenvalue weighted by atomic mass is 19.1. The average Bonchev–Trinajstić information content (AvgIpc) is 3.01. The first kappa shape index (κ1) is 11.1. The Bertz CT molecular complexity index is 474. The summed E-state index contributed by atoms with van der Waals surface area (Å²) in [6.07, 6.45) is 4.56. The number of nitrogens with zero attached hydrogens (tertiary/aromatic N) is 2. The average molecular weight is 221 g/mol. The van der Waals surface area contributed by atoms with Gasteiger partial charge in [0.25, 0.3) is 0 Å². The van der Waals surface area contributed by atoms with E-state index in [0.29, 0.717) is 0 Å². The van der Waals surface area contributed by atoms with Crippen LogP contribution < -0.4 is 5.73 Å². The van der Waals surface area contributed by atoms with Gasteiger partial charge in [-0.25, -0.2) is 4.39 Å². The van der Waals surface area contributed by atoms with Crippen LogP contribution in [0, 0.1) is 11.7 Å². The summed E-state index contributed by atoms with van der Waals surface area (Å²) in [5, 5.41) is 4.94. The number of hydrogen-bond acceptors (Lipinski definition) is 2. The molecule has 1 heterocycles. The number of fused-ring (bicyclic) bond motifs is 1. The highest BCUT2D eigenvalue weighted by Gasteiger charge is 2.17. The van der Waals surface area contributed by atoms with Gasteiger partial charge in [-0.15, -0.1) is 0 Å². The number of nitrogens with two attached hydrogens (primary N) is 1. The predicted octanol–water partition coefficient (Wildman–Crippen LogP) is 2.07. The molecular formula is C12H16FN3. The Morgan fingerprint density at radius 1 is 1.50 bits per heavy atom. The molecule has 1 aliphatic carbocycles. The molecule has 0 aliphatic heterocycles. The van der Waals surface area contributed by atoms with Gasteiger partial charge in [0.1, 0.15) is 5.82 Å². The van der Waals surface area contributed by atoms with Crippen molar-refractivity contribution in [1.29, 1.82) is 0 Å². The Morgan fingerprint density at radius 3 is 2.81 bits per heavy atom. The van der Waals surface area contributed by atoms with Crippen molar-refractivity contribution in [3.05, 3.63) is 30.2 Å². The van der Waals surface area contributed by atoms with E-state index in [9.17, 15) is 4.39 Å². The summed E-state index contributed by atoms with van der Waals surface area (Å²) < 4.78 is 14.3. The fraction of sp³-hybridized carbons (Fsp3) is 0.417. The first-order chi connectivity index (χ1) is 7.69. The molecule has 2 aromatic rings. The maximum absolute atomic E-state index is 12.6. The van der Waals surface area contributed by atoms with E-state index in [1.54, 1.807) is 16.9 Å². The molecule has 0 bridgehead atoms. The quantitative estimate of drug-likeness (QED) is 0.801. The van der Waals surface area contributed by atoms with Gasteiger partial charge in [-0.3, -0.25) is 4.68 Å². The summed E-state index contributed by atoms with van der Waals surface area (Å²) >= 11 is 0. The maximum atomic E-state index is 12.6. The summed E-state index contributed by atoms with van der Waals surface area (Å²) in [6.45, 7) is 0.917. The highest BCUT2D eigenvalue weighted by Crippen LogP contribution is 2.26. The van der Waals surface area contributed by atoms with Crippen molar-refractivity contribution in [1.82, 2.24) is 9.78 Å². The molecule has 0 amide bonds. The van der Waals surface area contributed by atoms with Crippen molar-refractivity contribution in [2.24, 2.45) is 18.7 Å². The third-order valence-corrected chi connectivity index (χ3v) is 2.61. The monoisotopic (exact) mass is 221 g/mol. The predicted molar refractivity (Wildman–Crippen MR) is 62.5 cm³/mol. The maximum Gasteiger partial charge on any atom is 0.124 e. The van der Waals surface area contributed by atoms with E-state index in [1.165, 1.54) is 25.0 Å². The molecule has 3 rings (SSSR count). The SMILES string of the molecule is Cn1cc2cc(F)ccc2n1.NCC1CC1. The van der Waals surface area contributed by atoms with Crippen LogP contribution in [0.1, 0.15) is 12.8 Å². The molecule has 4 heteroatoms. The standard InChI is InChI=1S/C8H7FN2.C4H9N/c1-11-5-6-4-7(9)2-3-8(6)10-11;5-3-4-1-2-4/h2-5H,1H3;4H,1-3,5H2. The highest BCUT2D eigenvalue weighted by molar-refractivity contribution is 5.77. The van der Waals surface area contributed by atoms with Gasteiger partial charge in [-0.1, -0.05) is 0 Å². The van der Waals surface area contributed by atoms with Crippen LogP contribution >= 0.6 is 0 Å². The molecule has 1 aliphatic rings. The van der Waals surface area contributed by atoms with Crippen LogP contribution in [0.2, 0.25) is 0 Å². The number of aryl methyl sites for hydroxylation is 1. The summed E-state index contributed by atoms with van der Waals surface area (Å²) in [5.74, 6) is 0.695. The van der Waals surface area contributed by atoms with Crippen molar-refractivity contribution >= 4 is 10.9 Å². The van der Waals surface area contributed by atoms with Crippen LogP contribution in [-0.2, 0) is 7.05 Å². The van der Waals surface area contributed by atoms with Gasteiger partial charge in [0, 0.05) is 18.6 Å². The number of benzene rings is 1. The van der Waals surface area contributed by atoms with E-state index >= 15 is 0 Å². The van der Waals surface area contributed by atoms with Crippen molar-refractivity contribution in [2.45, 2.75) is 12.8 Å². The lowest BCUT2D eigenvalue weighted by Crippen LogP contribution is -1.98. The van der Waals surface area contributed by atoms with E-state index in [0.717, 1.165) is 23.4 Å². The first-order valence-electron chi connectivity index (χ1n) is 5.48. The van der Waals surface area contributed by atoms with Gasteiger partial charge in [-0.05, 0) is 43.5 Å². The minimum absolute atomic E-state index is 0.217. The third kappa shape index (κ3) is 2.79. The summed E-state index contributed by atoms with van der Waals surface area (Å²) in [5.41, 5.74) is 6.06. The minimum atomic E-state index is -0.217. The molecule has 0 atom stereocenters. The first-order valence-corrected chi connectivity index (χ1v) is 5.48. The molecule has 86 valence electrons. The Labute approximate surface area is 94.1 Å². The van der Waals surface area contributed by atoms with Gasteiger partial charge >= 0.3 is 0 Å². The fourth-order valence-electron chi connectivity index (χ4n) is 1.47. The van der Waals surface area contributed by atoms with Crippen LogP contribution in [0.25, 0.3) is 10.9 Å². The third-order valence-electron chi connectivity index (χ3n) is 2.61. The van der Waals surface area contributed by atoms with Crippen molar-refractivity contribution in [3.8, 4) is 0 Å². The molecule has 1 fully saturated rings. The van der Waals surface area contributed by atoms with E-state index in [2.05, 4.69) is 5.10 Å². The van der Waals surface area contributed by atoms with Gasteiger partial charge < -0.3 is 5.73 Å². The Balaban J connectivity index is 0.000000162. The van der Waals surface area contributed by atoms with E-state index in [-0.39, 0.29) is 5.82 Å².